The first-order valence-corrected chi connectivity index (χ1v) is 12.7. The molecule has 0 spiro atoms. The summed E-state index contributed by atoms with van der Waals surface area (Å²) in [5.74, 6) is 0. The van der Waals surface area contributed by atoms with Crippen LogP contribution in [0.15, 0.2) is 91.0 Å². The van der Waals surface area contributed by atoms with Crippen molar-refractivity contribution in [3.8, 4) is 0 Å². The van der Waals surface area contributed by atoms with Crippen molar-refractivity contribution in [3.63, 3.8) is 0 Å². The highest BCUT2D eigenvalue weighted by molar-refractivity contribution is 6.25. The minimum atomic E-state index is -0.825. The lowest BCUT2D eigenvalue weighted by molar-refractivity contribution is -0.0262. The Balaban J connectivity index is 1.65. The van der Waals surface area contributed by atoms with Gasteiger partial charge in [-0.15, -0.1) is 0 Å². The third kappa shape index (κ3) is 4.23. The Bertz CT molecular complexity index is 1070. The lowest BCUT2D eigenvalue weighted by Crippen LogP contribution is -2.65. The molecule has 3 aromatic carbocycles. The maximum absolute atomic E-state index is 13.2. The van der Waals surface area contributed by atoms with Crippen LogP contribution >= 0.6 is 11.6 Å². The fourth-order valence-electron chi connectivity index (χ4n) is 5.87. The van der Waals surface area contributed by atoms with Gasteiger partial charge in [0.15, 0.2) is 0 Å². The lowest BCUT2D eigenvalue weighted by atomic mass is 9.75. The number of fused-ring (bicyclic) bond motifs is 2. The largest absolute Gasteiger partial charge is 0.444 e. The molecule has 182 valence electrons. The Morgan fingerprint density at radius 1 is 0.857 bits per heavy atom. The molecule has 5 rings (SSSR count). The first-order valence-electron chi connectivity index (χ1n) is 12.4. The molecule has 0 radical (unpaired) electrons. The van der Waals surface area contributed by atoms with Gasteiger partial charge >= 0.3 is 6.09 Å². The zero-order chi connectivity index (χ0) is 24.7. The fraction of sp³-hybridized carbons (Fsp3) is 0.367. The maximum atomic E-state index is 13.2. The van der Waals surface area contributed by atoms with Crippen molar-refractivity contribution in [2.75, 3.05) is 13.1 Å². The van der Waals surface area contributed by atoms with Crippen molar-refractivity contribution in [1.29, 1.82) is 0 Å². The van der Waals surface area contributed by atoms with Crippen LogP contribution in [0.5, 0.6) is 0 Å². The molecular formula is C30H33ClN2O2. The van der Waals surface area contributed by atoms with Gasteiger partial charge in [-0.2, -0.15) is 0 Å². The van der Waals surface area contributed by atoms with E-state index in [0.29, 0.717) is 13.1 Å². The predicted octanol–water partition coefficient (Wildman–Crippen LogP) is 6.63. The highest BCUT2D eigenvalue weighted by Crippen LogP contribution is 2.50. The molecule has 0 aliphatic carbocycles. The van der Waals surface area contributed by atoms with Crippen LogP contribution in [0.25, 0.3) is 0 Å². The number of nitrogens with zero attached hydrogens (tertiary/aromatic N) is 2. The Hall–Kier alpha value is -2.82. The summed E-state index contributed by atoms with van der Waals surface area (Å²) in [7, 11) is 0. The van der Waals surface area contributed by atoms with Crippen molar-refractivity contribution >= 4 is 17.7 Å². The predicted molar refractivity (Wildman–Crippen MR) is 140 cm³/mol. The smallest absolute Gasteiger partial charge is 0.412 e. The van der Waals surface area contributed by atoms with E-state index in [4.69, 9.17) is 16.3 Å². The Labute approximate surface area is 213 Å². The molecule has 2 bridgehead atoms. The number of hydrogen-bond donors (Lipinski definition) is 0. The molecule has 0 aromatic heterocycles. The molecule has 35 heavy (non-hydrogen) atoms. The summed E-state index contributed by atoms with van der Waals surface area (Å²) in [6.07, 6.45) is 1.27. The second-order valence-corrected chi connectivity index (χ2v) is 11.4. The van der Waals surface area contributed by atoms with Crippen molar-refractivity contribution in [2.24, 2.45) is 0 Å². The van der Waals surface area contributed by atoms with Crippen LogP contribution in [0.2, 0.25) is 0 Å². The highest BCUT2D eigenvalue weighted by Gasteiger charge is 2.58. The molecule has 1 amide bonds. The second-order valence-electron chi connectivity index (χ2n) is 10.6. The van der Waals surface area contributed by atoms with Gasteiger partial charge in [-0.05, 0) is 50.3 Å². The zero-order valence-electron chi connectivity index (χ0n) is 20.7. The van der Waals surface area contributed by atoms with E-state index >= 15 is 0 Å². The van der Waals surface area contributed by atoms with Crippen LogP contribution in [0.4, 0.5) is 4.79 Å². The molecular weight excluding hydrogens is 456 g/mol. The van der Waals surface area contributed by atoms with E-state index in [1.807, 2.05) is 25.7 Å². The summed E-state index contributed by atoms with van der Waals surface area (Å²) in [5, 5.41) is 0. The van der Waals surface area contributed by atoms with Gasteiger partial charge in [0, 0.05) is 19.1 Å². The number of alkyl halides is 1. The number of likely N-dealkylation sites (tertiary alicyclic amines) is 1. The molecule has 2 aliphatic heterocycles. The molecule has 2 aliphatic rings. The van der Waals surface area contributed by atoms with Crippen LogP contribution in [-0.2, 0) is 10.3 Å². The maximum Gasteiger partial charge on any atom is 0.412 e. The number of piperazine rings is 1. The van der Waals surface area contributed by atoms with Crippen molar-refractivity contribution < 1.29 is 9.53 Å². The Morgan fingerprint density at radius 2 is 1.31 bits per heavy atom. The van der Waals surface area contributed by atoms with E-state index in [1.54, 1.807) is 0 Å². The number of amides is 1. The van der Waals surface area contributed by atoms with E-state index in [2.05, 4.69) is 95.9 Å². The first kappa shape index (κ1) is 23.9. The number of hydrogen-bond acceptors (Lipinski definition) is 3. The minimum absolute atomic E-state index is 0.0217. The summed E-state index contributed by atoms with van der Waals surface area (Å²) in [4.78, 5) is 16.7. The number of ether oxygens (including phenoxy) is 1. The van der Waals surface area contributed by atoms with Gasteiger partial charge in [0.05, 0.1) is 5.54 Å². The number of carbonyl (C=O) groups excluding carboxylic acids is 1. The van der Waals surface area contributed by atoms with Gasteiger partial charge in [0.2, 0.25) is 0 Å². The average Bonchev–Trinajstić information content (AvgIpc) is 3.06. The molecule has 2 atom stereocenters. The van der Waals surface area contributed by atoms with Crippen molar-refractivity contribution in [3.05, 3.63) is 108 Å². The molecule has 4 nitrogen and oxygen atoms in total. The third-order valence-electron chi connectivity index (χ3n) is 7.16. The van der Waals surface area contributed by atoms with E-state index in [1.165, 1.54) is 16.7 Å². The molecule has 3 aromatic rings. The second kappa shape index (κ2) is 9.00. The van der Waals surface area contributed by atoms with Crippen LogP contribution in [0.3, 0.4) is 0 Å². The molecule has 5 heteroatoms. The summed E-state index contributed by atoms with van der Waals surface area (Å²) in [5.41, 5.74) is 2.43. The van der Waals surface area contributed by atoms with Gasteiger partial charge in [0.1, 0.15) is 10.6 Å². The zero-order valence-corrected chi connectivity index (χ0v) is 21.4. The third-order valence-corrected chi connectivity index (χ3v) is 7.65. The SMILES string of the molecule is CC(C)(C)OC(=O)N1C2CCC1(Cl)CN(C(c1ccccc1)(c1ccccc1)c1ccccc1)C2. The molecule has 2 unspecified atom stereocenters. The quantitative estimate of drug-likeness (QED) is 0.235. The van der Waals surface area contributed by atoms with E-state index in [-0.39, 0.29) is 12.1 Å². The topological polar surface area (TPSA) is 32.8 Å². The summed E-state index contributed by atoms with van der Waals surface area (Å²) in [6.45, 7) is 6.93. The van der Waals surface area contributed by atoms with E-state index in [9.17, 15) is 4.79 Å². The van der Waals surface area contributed by atoms with Gasteiger partial charge in [-0.1, -0.05) is 103 Å². The van der Waals surface area contributed by atoms with E-state index < -0.39 is 16.1 Å². The summed E-state index contributed by atoms with van der Waals surface area (Å²) in [6, 6.07) is 31.9. The Morgan fingerprint density at radius 3 is 1.71 bits per heavy atom. The number of benzene rings is 3. The molecule has 2 heterocycles. The highest BCUT2D eigenvalue weighted by atomic mass is 35.5. The van der Waals surface area contributed by atoms with E-state index in [0.717, 1.165) is 12.8 Å². The van der Waals surface area contributed by atoms with Gasteiger partial charge in [-0.25, -0.2) is 4.79 Å². The van der Waals surface area contributed by atoms with Crippen LogP contribution in [-0.4, -0.2) is 45.6 Å². The first-order chi connectivity index (χ1) is 16.7. The number of carbonyl (C=O) groups is 1. The van der Waals surface area contributed by atoms with Crippen LogP contribution in [0.1, 0.15) is 50.3 Å². The van der Waals surface area contributed by atoms with Crippen molar-refractivity contribution in [1.82, 2.24) is 9.80 Å². The number of rotatable bonds is 4. The van der Waals surface area contributed by atoms with Gasteiger partial charge < -0.3 is 4.74 Å². The monoisotopic (exact) mass is 488 g/mol. The average molecular weight is 489 g/mol. The lowest BCUT2D eigenvalue weighted by Gasteiger charge is -2.53. The summed E-state index contributed by atoms with van der Waals surface area (Å²) < 4.78 is 5.78. The Kier molecular flexibility index (Phi) is 6.14. The molecule has 0 saturated carbocycles. The molecule has 2 fully saturated rings. The fourth-order valence-corrected chi connectivity index (χ4v) is 6.33. The normalized spacial score (nSPS) is 22.7. The standard InChI is InChI=1S/C30H33ClN2O2/c1-28(2,3)35-27(34)33-26-19-20-29(33,31)22-32(21-26)30(23-13-7-4-8-14-23,24-15-9-5-10-16-24)25-17-11-6-12-18-25/h4-18,26H,19-22H2,1-3H3. The summed E-state index contributed by atoms with van der Waals surface area (Å²) >= 11 is 7.34. The number of halogens is 1. The van der Waals surface area contributed by atoms with Crippen LogP contribution < -0.4 is 0 Å². The molecule has 0 N–H and O–H groups in total. The van der Waals surface area contributed by atoms with Gasteiger partial charge in [0.25, 0.3) is 0 Å². The van der Waals surface area contributed by atoms with Gasteiger partial charge in [-0.3, -0.25) is 9.80 Å². The minimum Gasteiger partial charge on any atom is -0.444 e. The van der Waals surface area contributed by atoms with Crippen molar-refractivity contribution in [2.45, 2.75) is 55.8 Å². The molecule has 2 saturated heterocycles. The van der Waals surface area contributed by atoms with Crippen LogP contribution in [0, 0.1) is 0 Å².